The molecule has 0 unspecified atom stereocenters. The Balaban J connectivity index is 1.72. The number of ether oxygens (including phenoxy) is 1. The molecule has 0 amide bonds. The molecule has 15 heteroatoms. The minimum absolute atomic E-state index is 0.111. The third kappa shape index (κ3) is 6.72. The largest absolute Gasteiger partial charge is 0.573 e. The molecule has 4 aromatic rings. The van der Waals surface area contributed by atoms with Crippen LogP contribution in [0.4, 0.5) is 24.5 Å². The maximum Gasteiger partial charge on any atom is 0.573 e. The number of anilines is 2. The highest BCUT2D eigenvalue weighted by atomic mass is 35.5. The smallest absolute Gasteiger partial charge is 0.406 e. The van der Waals surface area contributed by atoms with E-state index in [2.05, 4.69) is 14.2 Å². The molecule has 0 radical (unpaired) electrons. The Morgan fingerprint density at radius 1 is 0.763 bits per heavy atom. The van der Waals surface area contributed by atoms with Crippen molar-refractivity contribution in [2.75, 3.05) is 9.44 Å². The molecule has 4 rings (SSSR count). The predicted molar refractivity (Wildman–Crippen MR) is 141 cm³/mol. The van der Waals surface area contributed by atoms with E-state index >= 15 is 0 Å². The Morgan fingerprint density at radius 3 is 2.03 bits per heavy atom. The van der Waals surface area contributed by atoms with Gasteiger partial charge in [0.1, 0.15) is 9.96 Å². The van der Waals surface area contributed by atoms with Crippen molar-refractivity contribution in [3.05, 3.63) is 88.2 Å². The highest BCUT2D eigenvalue weighted by Gasteiger charge is 2.31. The number of rotatable bonds is 8. The van der Waals surface area contributed by atoms with Crippen molar-refractivity contribution in [1.29, 1.82) is 0 Å². The highest BCUT2D eigenvalue weighted by Crippen LogP contribution is 2.36. The number of thiophene rings is 1. The summed E-state index contributed by atoms with van der Waals surface area (Å²) in [7, 11) is -8.54. The van der Waals surface area contributed by atoms with Crippen molar-refractivity contribution >= 4 is 66.0 Å². The maximum atomic E-state index is 13.0. The first-order valence-electron chi connectivity index (χ1n) is 10.3. The first kappa shape index (κ1) is 28.0. The molecular weight excluding hydrogens is 608 g/mol. The standard InChI is InChI=1S/C23H15Cl2F3N2O5S3/c24-18-4-2-1-3-17(18)14-5-10-19(20(13-14)30-38(33,34)22-12-11-21(25)36-22)29-37(31,32)16-8-6-15(7-9-16)35-23(26,27)28/h1-13,29-30H. The van der Waals surface area contributed by atoms with Crippen molar-refractivity contribution < 1.29 is 34.7 Å². The van der Waals surface area contributed by atoms with Crippen molar-refractivity contribution in [3.63, 3.8) is 0 Å². The van der Waals surface area contributed by atoms with Crippen LogP contribution in [-0.4, -0.2) is 23.2 Å². The molecular formula is C23H15Cl2F3N2O5S3. The number of sulfonamides is 2. The minimum Gasteiger partial charge on any atom is -0.406 e. The molecule has 0 fully saturated rings. The van der Waals surface area contributed by atoms with E-state index < -0.39 is 32.2 Å². The molecule has 7 nitrogen and oxygen atoms in total. The minimum atomic E-state index is -4.94. The second-order valence-corrected chi connectivity index (χ2v) is 13.2. The third-order valence-electron chi connectivity index (χ3n) is 4.87. The topological polar surface area (TPSA) is 102 Å². The normalized spacial score (nSPS) is 12.2. The van der Waals surface area contributed by atoms with Gasteiger partial charge in [-0.1, -0.05) is 47.5 Å². The number of nitrogens with one attached hydrogen (secondary N) is 2. The fraction of sp³-hybridized carbons (Fsp3) is 0.0435. The van der Waals surface area contributed by atoms with E-state index in [4.69, 9.17) is 23.2 Å². The molecule has 3 aromatic carbocycles. The molecule has 0 spiro atoms. The Hall–Kier alpha value is -2.97. The Morgan fingerprint density at radius 2 is 1.42 bits per heavy atom. The molecule has 200 valence electrons. The lowest BCUT2D eigenvalue weighted by molar-refractivity contribution is -0.274. The van der Waals surface area contributed by atoms with Gasteiger partial charge in [-0.25, -0.2) is 16.8 Å². The van der Waals surface area contributed by atoms with Crippen LogP contribution in [0.15, 0.2) is 88.0 Å². The van der Waals surface area contributed by atoms with E-state index in [1.807, 2.05) is 0 Å². The fourth-order valence-electron chi connectivity index (χ4n) is 3.24. The zero-order valence-electron chi connectivity index (χ0n) is 18.7. The van der Waals surface area contributed by atoms with Gasteiger partial charge in [-0.05, 0) is 60.2 Å². The van der Waals surface area contributed by atoms with Gasteiger partial charge in [-0.2, -0.15) is 0 Å². The SMILES string of the molecule is O=S(=O)(Nc1ccc(-c2ccccc2Cl)cc1NS(=O)(=O)c1ccc(Cl)s1)c1ccc(OC(F)(F)F)cc1. The molecule has 0 saturated heterocycles. The van der Waals surface area contributed by atoms with Gasteiger partial charge in [-0.3, -0.25) is 9.44 Å². The van der Waals surface area contributed by atoms with E-state index in [9.17, 15) is 30.0 Å². The third-order valence-corrected chi connectivity index (χ3v) is 9.67. The van der Waals surface area contributed by atoms with Crippen LogP contribution in [-0.2, 0) is 20.0 Å². The molecule has 0 aliphatic heterocycles. The summed E-state index contributed by atoms with van der Waals surface area (Å²) in [6.45, 7) is 0. The summed E-state index contributed by atoms with van der Waals surface area (Å²) in [5, 5.41) is 0.376. The van der Waals surface area contributed by atoms with Crippen molar-refractivity contribution in [2.45, 2.75) is 15.5 Å². The summed E-state index contributed by atoms with van der Waals surface area (Å²) >= 11 is 13.0. The lowest BCUT2D eigenvalue weighted by Crippen LogP contribution is -2.18. The highest BCUT2D eigenvalue weighted by molar-refractivity contribution is 7.94. The van der Waals surface area contributed by atoms with Crippen LogP contribution in [0.5, 0.6) is 5.75 Å². The zero-order chi connectivity index (χ0) is 27.7. The van der Waals surface area contributed by atoms with Gasteiger partial charge in [0.25, 0.3) is 20.0 Å². The maximum absolute atomic E-state index is 13.0. The molecule has 2 N–H and O–H groups in total. The summed E-state index contributed by atoms with van der Waals surface area (Å²) in [5.41, 5.74) is 0.757. The number of hydrogen-bond acceptors (Lipinski definition) is 6. The number of alkyl halides is 3. The van der Waals surface area contributed by atoms with Crippen LogP contribution in [0.1, 0.15) is 0 Å². The second kappa shape index (κ2) is 10.7. The van der Waals surface area contributed by atoms with E-state index in [1.165, 1.54) is 30.3 Å². The van der Waals surface area contributed by atoms with Gasteiger partial charge in [0, 0.05) is 10.6 Å². The molecule has 0 aliphatic rings. The van der Waals surface area contributed by atoms with Gasteiger partial charge in [0.05, 0.1) is 20.6 Å². The number of benzene rings is 3. The molecule has 1 heterocycles. The molecule has 0 atom stereocenters. The van der Waals surface area contributed by atoms with E-state index in [0.29, 0.717) is 16.1 Å². The van der Waals surface area contributed by atoms with Crippen molar-refractivity contribution in [2.24, 2.45) is 0 Å². The molecule has 38 heavy (non-hydrogen) atoms. The van der Waals surface area contributed by atoms with E-state index in [1.54, 1.807) is 24.3 Å². The van der Waals surface area contributed by atoms with E-state index in [0.717, 1.165) is 35.6 Å². The number of halogens is 5. The van der Waals surface area contributed by atoms with Crippen LogP contribution in [0.3, 0.4) is 0 Å². The fourth-order valence-corrected chi connectivity index (χ4v) is 7.12. The quantitative estimate of drug-likeness (QED) is 0.216. The summed E-state index contributed by atoms with van der Waals surface area (Å²) < 4.78 is 97.8. The zero-order valence-corrected chi connectivity index (χ0v) is 22.6. The molecule has 0 saturated carbocycles. The summed E-state index contributed by atoms with van der Waals surface area (Å²) in [4.78, 5) is -0.388. The average molecular weight is 623 g/mol. The van der Waals surface area contributed by atoms with Gasteiger partial charge in [0.15, 0.2) is 0 Å². The predicted octanol–water partition coefficient (Wildman–Crippen LogP) is 7.22. The van der Waals surface area contributed by atoms with Crippen LogP contribution < -0.4 is 14.2 Å². The molecule has 0 aliphatic carbocycles. The van der Waals surface area contributed by atoms with E-state index in [-0.39, 0.29) is 24.8 Å². The van der Waals surface area contributed by atoms with Gasteiger partial charge in [0.2, 0.25) is 0 Å². The van der Waals surface area contributed by atoms with Crippen molar-refractivity contribution in [3.8, 4) is 16.9 Å². The summed E-state index contributed by atoms with van der Waals surface area (Å²) in [6.07, 6.45) is -4.94. The molecule has 1 aromatic heterocycles. The summed E-state index contributed by atoms with van der Waals surface area (Å²) in [6, 6.07) is 17.2. The van der Waals surface area contributed by atoms with Crippen LogP contribution in [0.2, 0.25) is 9.36 Å². The van der Waals surface area contributed by atoms with Gasteiger partial charge >= 0.3 is 6.36 Å². The monoisotopic (exact) mass is 622 g/mol. The lowest BCUT2D eigenvalue weighted by atomic mass is 10.0. The first-order valence-corrected chi connectivity index (χ1v) is 14.8. The lowest BCUT2D eigenvalue weighted by Gasteiger charge is -2.16. The molecule has 0 bridgehead atoms. The van der Waals surface area contributed by atoms with Gasteiger partial charge < -0.3 is 4.74 Å². The van der Waals surface area contributed by atoms with Crippen molar-refractivity contribution in [1.82, 2.24) is 0 Å². The second-order valence-electron chi connectivity index (χ2n) is 7.53. The average Bonchev–Trinajstić information content (AvgIpc) is 3.27. The van der Waals surface area contributed by atoms with Gasteiger partial charge in [-0.15, -0.1) is 24.5 Å². The Bertz CT molecular complexity index is 1690. The summed E-state index contributed by atoms with van der Waals surface area (Å²) in [5.74, 6) is -0.608. The number of hydrogen-bond donors (Lipinski definition) is 2. The Labute approximate surface area is 229 Å². The first-order chi connectivity index (χ1) is 17.7. The van der Waals surface area contributed by atoms with Crippen LogP contribution >= 0.6 is 34.5 Å². The van der Waals surface area contributed by atoms with Crippen LogP contribution in [0.25, 0.3) is 11.1 Å². The Kier molecular flexibility index (Phi) is 7.86. The van der Waals surface area contributed by atoms with Crippen LogP contribution in [0, 0.1) is 0 Å².